The first-order chi connectivity index (χ1) is 8.08. The van der Waals surface area contributed by atoms with Gasteiger partial charge in [-0.2, -0.15) is 0 Å². The van der Waals surface area contributed by atoms with Crippen molar-refractivity contribution in [1.82, 2.24) is 9.97 Å². The largest absolute Gasteiger partial charge is 0.248 e. The fourth-order valence-corrected chi connectivity index (χ4v) is 2.82. The molecule has 0 spiro atoms. The lowest BCUT2D eigenvalue weighted by atomic mass is 9.98. The number of hydrogen-bond acceptors (Lipinski definition) is 2. The molecule has 88 valence electrons. The number of para-hydroxylation sites is 2. The van der Waals surface area contributed by atoms with Gasteiger partial charge >= 0.3 is 0 Å². The van der Waals surface area contributed by atoms with Crippen LogP contribution < -0.4 is 0 Å². The molecular formula is C12H9Cl3N2. The van der Waals surface area contributed by atoms with Gasteiger partial charge in [-0.25, -0.2) is 9.97 Å². The third-order valence-corrected chi connectivity index (χ3v) is 4.11. The molecule has 1 unspecified atom stereocenters. The van der Waals surface area contributed by atoms with E-state index in [4.69, 9.17) is 34.8 Å². The number of halogens is 3. The van der Waals surface area contributed by atoms with Gasteiger partial charge < -0.3 is 0 Å². The number of nitrogens with zero attached hydrogens (tertiary/aromatic N) is 2. The van der Waals surface area contributed by atoms with E-state index in [1.807, 2.05) is 24.3 Å². The fourth-order valence-electron chi connectivity index (χ4n) is 2.06. The van der Waals surface area contributed by atoms with Crippen LogP contribution in [0.15, 0.2) is 24.3 Å². The predicted molar refractivity (Wildman–Crippen MR) is 70.8 cm³/mol. The number of aromatic nitrogens is 2. The number of rotatable bonds is 0. The Hall–Kier alpha value is -0.570. The van der Waals surface area contributed by atoms with Gasteiger partial charge in [0.2, 0.25) is 0 Å². The molecule has 0 fully saturated rings. The average molecular weight is 288 g/mol. The molecule has 5 heteroatoms. The molecule has 0 amide bonds. The Labute approximate surface area is 114 Å². The minimum atomic E-state index is -0.974. The van der Waals surface area contributed by atoms with E-state index in [-0.39, 0.29) is 5.38 Å². The highest BCUT2D eigenvalue weighted by molar-refractivity contribution is 6.48. The van der Waals surface area contributed by atoms with Crippen LogP contribution in [0.4, 0.5) is 0 Å². The molecule has 0 saturated heterocycles. The van der Waals surface area contributed by atoms with Crippen LogP contribution in [0.3, 0.4) is 0 Å². The van der Waals surface area contributed by atoms with Crippen LogP contribution in [0, 0.1) is 0 Å². The molecule has 1 aromatic carbocycles. The van der Waals surface area contributed by atoms with E-state index in [1.165, 1.54) is 0 Å². The maximum Gasteiger partial charge on any atom is 0.161 e. The Morgan fingerprint density at radius 1 is 1.12 bits per heavy atom. The zero-order valence-electron chi connectivity index (χ0n) is 8.83. The molecule has 0 radical (unpaired) electrons. The molecule has 1 atom stereocenters. The molecule has 2 aromatic rings. The molecule has 0 aliphatic heterocycles. The summed E-state index contributed by atoms with van der Waals surface area (Å²) in [5.41, 5.74) is 2.93. The third kappa shape index (κ3) is 1.88. The lowest BCUT2D eigenvalue weighted by molar-refractivity contribution is 0.584. The maximum absolute atomic E-state index is 6.27. The Bertz CT molecular complexity index is 583. The minimum absolute atomic E-state index is 0.160. The first kappa shape index (κ1) is 11.5. The fraction of sp³-hybridized carbons (Fsp3) is 0.333. The molecule has 17 heavy (non-hydrogen) atoms. The van der Waals surface area contributed by atoms with Gasteiger partial charge in [0.1, 0.15) is 5.69 Å². The molecule has 3 rings (SSSR count). The van der Waals surface area contributed by atoms with Crippen molar-refractivity contribution in [3.63, 3.8) is 0 Å². The van der Waals surface area contributed by atoms with E-state index in [2.05, 4.69) is 9.97 Å². The molecule has 0 bridgehead atoms. The number of fused-ring (bicyclic) bond motifs is 2. The van der Waals surface area contributed by atoms with Crippen LogP contribution in [0.25, 0.3) is 11.0 Å². The molecular weight excluding hydrogens is 279 g/mol. The molecule has 1 aromatic heterocycles. The number of alkyl halides is 3. The monoisotopic (exact) mass is 286 g/mol. The van der Waals surface area contributed by atoms with E-state index in [1.54, 1.807) is 0 Å². The normalized spacial score (nSPS) is 22.4. The zero-order chi connectivity index (χ0) is 12.0. The summed E-state index contributed by atoms with van der Waals surface area (Å²) in [7, 11) is 0. The van der Waals surface area contributed by atoms with Crippen LogP contribution in [-0.2, 0) is 4.33 Å². The summed E-state index contributed by atoms with van der Waals surface area (Å²) in [6.07, 6.45) is 1.32. The molecule has 0 N–H and O–H groups in total. The van der Waals surface area contributed by atoms with E-state index >= 15 is 0 Å². The van der Waals surface area contributed by atoms with Gasteiger partial charge in [-0.05, 0) is 25.0 Å². The van der Waals surface area contributed by atoms with E-state index < -0.39 is 4.33 Å². The second-order valence-electron chi connectivity index (χ2n) is 4.16. The van der Waals surface area contributed by atoms with Crippen molar-refractivity contribution in [1.29, 1.82) is 0 Å². The Morgan fingerprint density at radius 2 is 1.76 bits per heavy atom. The summed E-state index contributed by atoms with van der Waals surface area (Å²) in [6.45, 7) is 0. The second kappa shape index (κ2) is 3.98. The SMILES string of the molecule is ClC1CCC(Cl)(Cl)c2nc3ccccc3nc21. The first-order valence-corrected chi connectivity index (χ1v) is 6.56. The first-order valence-electron chi connectivity index (χ1n) is 5.37. The summed E-state index contributed by atoms with van der Waals surface area (Å²) >= 11 is 18.8. The molecule has 1 aliphatic rings. The van der Waals surface area contributed by atoms with Gasteiger partial charge in [-0.3, -0.25) is 0 Å². The standard InChI is InChI=1S/C12H9Cl3N2/c13-7-5-6-12(14,15)11-10(7)16-8-3-1-2-4-9(8)17-11/h1-4,7H,5-6H2. The minimum Gasteiger partial charge on any atom is -0.248 e. The van der Waals surface area contributed by atoms with Gasteiger partial charge in [0.15, 0.2) is 4.33 Å². The van der Waals surface area contributed by atoms with Gasteiger partial charge in [-0.1, -0.05) is 35.3 Å². The second-order valence-corrected chi connectivity index (χ2v) is 6.17. The van der Waals surface area contributed by atoms with Gasteiger partial charge in [0.05, 0.1) is 22.1 Å². The predicted octanol–water partition coefficient (Wildman–Crippen LogP) is 4.33. The highest BCUT2D eigenvalue weighted by atomic mass is 35.5. The average Bonchev–Trinajstić information content (AvgIpc) is 2.33. The van der Waals surface area contributed by atoms with Crippen molar-refractivity contribution in [3.05, 3.63) is 35.7 Å². The number of hydrogen-bond donors (Lipinski definition) is 0. The smallest absolute Gasteiger partial charge is 0.161 e. The summed E-state index contributed by atoms with van der Waals surface area (Å²) in [6, 6.07) is 7.63. The van der Waals surface area contributed by atoms with Gasteiger partial charge in [-0.15, -0.1) is 11.6 Å². The van der Waals surface area contributed by atoms with Crippen molar-refractivity contribution in [3.8, 4) is 0 Å². The molecule has 1 heterocycles. The lowest BCUT2D eigenvalue weighted by Gasteiger charge is -2.29. The number of benzene rings is 1. The van der Waals surface area contributed by atoms with Gasteiger partial charge in [0, 0.05) is 0 Å². The van der Waals surface area contributed by atoms with E-state index in [0.717, 1.165) is 11.0 Å². The highest BCUT2D eigenvalue weighted by Gasteiger charge is 2.39. The van der Waals surface area contributed by atoms with Crippen molar-refractivity contribution >= 4 is 45.8 Å². The topological polar surface area (TPSA) is 25.8 Å². The van der Waals surface area contributed by atoms with Crippen LogP contribution in [0.1, 0.15) is 29.6 Å². The van der Waals surface area contributed by atoms with E-state index in [0.29, 0.717) is 24.2 Å². The summed E-state index contributed by atoms with van der Waals surface area (Å²) < 4.78 is -0.974. The molecule has 0 saturated carbocycles. The lowest BCUT2D eigenvalue weighted by Crippen LogP contribution is -2.23. The molecule has 2 nitrogen and oxygen atoms in total. The van der Waals surface area contributed by atoms with E-state index in [9.17, 15) is 0 Å². The molecule has 1 aliphatic carbocycles. The van der Waals surface area contributed by atoms with Crippen molar-refractivity contribution in [2.45, 2.75) is 22.6 Å². The Balaban J connectivity index is 2.32. The zero-order valence-corrected chi connectivity index (χ0v) is 11.1. The van der Waals surface area contributed by atoms with Crippen molar-refractivity contribution in [2.24, 2.45) is 0 Å². The highest BCUT2D eigenvalue weighted by Crippen LogP contribution is 2.48. The van der Waals surface area contributed by atoms with Gasteiger partial charge in [0.25, 0.3) is 0 Å². The van der Waals surface area contributed by atoms with Crippen LogP contribution in [0.2, 0.25) is 0 Å². The van der Waals surface area contributed by atoms with Crippen LogP contribution in [-0.4, -0.2) is 9.97 Å². The van der Waals surface area contributed by atoms with Crippen LogP contribution >= 0.6 is 34.8 Å². The summed E-state index contributed by atoms with van der Waals surface area (Å²) in [5, 5.41) is -0.160. The summed E-state index contributed by atoms with van der Waals surface area (Å²) in [4.78, 5) is 9.04. The Morgan fingerprint density at radius 3 is 2.47 bits per heavy atom. The van der Waals surface area contributed by atoms with Crippen LogP contribution in [0.5, 0.6) is 0 Å². The van der Waals surface area contributed by atoms with Crippen molar-refractivity contribution in [2.75, 3.05) is 0 Å². The van der Waals surface area contributed by atoms with Crippen molar-refractivity contribution < 1.29 is 0 Å². The quantitative estimate of drug-likeness (QED) is 0.674. The summed E-state index contributed by atoms with van der Waals surface area (Å²) in [5.74, 6) is 0. The third-order valence-electron chi connectivity index (χ3n) is 2.95. The maximum atomic E-state index is 6.27. The Kier molecular flexibility index (Phi) is 2.69.